The molecule has 2 aliphatic rings. The summed E-state index contributed by atoms with van der Waals surface area (Å²) in [5.41, 5.74) is 2.00. The van der Waals surface area contributed by atoms with E-state index < -0.39 is 15.8 Å². The first-order valence-corrected chi connectivity index (χ1v) is 10.8. The second-order valence-corrected chi connectivity index (χ2v) is 9.11. The third-order valence-electron chi connectivity index (χ3n) is 5.34. The molecular formula is C20H20FN3O4S. The number of nitrogens with zero attached hydrogens (tertiary/aromatic N) is 1. The number of hydrogen-bond donors (Lipinski definition) is 2. The number of nitrogens with one attached hydrogen (secondary N) is 2. The molecule has 0 radical (unpaired) electrons. The van der Waals surface area contributed by atoms with E-state index in [1.165, 1.54) is 16.4 Å². The van der Waals surface area contributed by atoms with Gasteiger partial charge in [-0.1, -0.05) is 6.07 Å². The van der Waals surface area contributed by atoms with E-state index in [2.05, 4.69) is 10.6 Å². The summed E-state index contributed by atoms with van der Waals surface area (Å²) < 4.78 is 39.7. The first-order chi connectivity index (χ1) is 13.8. The van der Waals surface area contributed by atoms with Crippen molar-refractivity contribution in [3.8, 4) is 0 Å². The van der Waals surface area contributed by atoms with Gasteiger partial charge in [0.2, 0.25) is 15.9 Å². The first kappa shape index (κ1) is 19.5. The van der Waals surface area contributed by atoms with E-state index in [0.717, 1.165) is 17.7 Å². The Hall–Kier alpha value is -2.78. The van der Waals surface area contributed by atoms with Crippen LogP contribution >= 0.6 is 0 Å². The topological polar surface area (TPSA) is 95.6 Å². The van der Waals surface area contributed by atoms with Crippen LogP contribution in [0.3, 0.4) is 0 Å². The maximum Gasteiger partial charge on any atom is 0.251 e. The number of carbonyl (C=O) groups is 2. The molecule has 0 aliphatic carbocycles. The number of amides is 2. The summed E-state index contributed by atoms with van der Waals surface area (Å²) in [6, 6.07) is 9.93. The van der Waals surface area contributed by atoms with Crippen LogP contribution in [-0.2, 0) is 21.4 Å². The van der Waals surface area contributed by atoms with Crippen molar-refractivity contribution >= 4 is 27.5 Å². The molecule has 2 aliphatic heterocycles. The summed E-state index contributed by atoms with van der Waals surface area (Å²) in [7, 11) is -3.71. The maximum absolute atomic E-state index is 13.1. The zero-order valence-electron chi connectivity index (χ0n) is 15.5. The number of piperidine rings is 1. The molecule has 4 rings (SSSR count). The minimum absolute atomic E-state index is 0.0400. The Morgan fingerprint density at radius 1 is 1.10 bits per heavy atom. The fourth-order valence-electron chi connectivity index (χ4n) is 3.65. The zero-order chi connectivity index (χ0) is 20.6. The monoisotopic (exact) mass is 417 g/mol. The van der Waals surface area contributed by atoms with Gasteiger partial charge in [-0.05, 0) is 54.8 Å². The minimum atomic E-state index is -3.71. The lowest BCUT2D eigenvalue weighted by atomic mass is 9.97. The molecule has 0 spiro atoms. The SMILES string of the molecule is O=C1NCc2ccc(NC(=O)C3CCN(S(=O)(=O)c4ccc(F)cc4)CC3)cc21. The summed E-state index contributed by atoms with van der Waals surface area (Å²) in [6.45, 7) is 0.915. The molecule has 2 heterocycles. The Morgan fingerprint density at radius 2 is 1.79 bits per heavy atom. The molecule has 9 heteroatoms. The Morgan fingerprint density at radius 3 is 2.48 bits per heavy atom. The molecule has 0 unspecified atom stereocenters. The highest BCUT2D eigenvalue weighted by molar-refractivity contribution is 7.89. The molecule has 0 aromatic heterocycles. The third-order valence-corrected chi connectivity index (χ3v) is 7.25. The highest BCUT2D eigenvalue weighted by Gasteiger charge is 2.32. The summed E-state index contributed by atoms with van der Waals surface area (Å²) in [4.78, 5) is 24.4. The molecule has 1 saturated heterocycles. The zero-order valence-corrected chi connectivity index (χ0v) is 16.3. The molecule has 0 bridgehead atoms. The van der Waals surface area contributed by atoms with Crippen LogP contribution in [0.25, 0.3) is 0 Å². The van der Waals surface area contributed by atoms with Gasteiger partial charge >= 0.3 is 0 Å². The molecule has 152 valence electrons. The van der Waals surface area contributed by atoms with Crippen LogP contribution in [0.4, 0.5) is 10.1 Å². The number of benzene rings is 2. The maximum atomic E-state index is 13.1. The number of rotatable bonds is 4. The molecule has 7 nitrogen and oxygen atoms in total. The van der Waals surface area contributed by atoms with Crippen molar-refractivity contribution in [2.75, 3.05) is 18.4 Å². The van der Waals surface area contributed by atoms with Crippen LogP contribution in [0, 0.1) is 11.7 Å². The summed E-state index contributed by atoms with van der Waals surface area (Å²) in [5.74, 6) is -1.17. The van der Waals surface area contributed by atoms with Crippen LogP contribution in [-0.4, -0.2) is 37.6 Å². The molecule has 29 heavy (non-hydrogen) atoms. The lowest BCUT2D eigenvalue weighted by Gasteiger charge is -2.30. The molecule has 0 saturated carbocycles. The highest BCUT2D eigenvalue weighted by atomic mass is 32.2. The van der Waals surface area contributed by atoms with Crippen molar-refractivity contribution < 1.29 is 22.4 Å². The molecule has 1 fully saturated rings. The average Bonchev–Trinajstić information content (AvgIpc) is 3.09. The van der Waals surface area contributed by atoms with Gasteiger partial charge < -0.3 is 10.6 Å². The number of carbonyl (C=O) groups excluding carboxylic acids is 2. The van der Waals surface area contributed by atoms with Crippen LogP contribution in [0.5, 0.6) is 0 Å². The van der Waals surface area contributed by atoms with E-state index in [4.69, 9.17) is 0 Å². The third kappa shape index (κ3) is 3.88. The molecule has 2 aromatic carbocycles. The largest absolute Gasteiger partial charge is 0.348 e. The van der Waals surface area contributed by atoms with Crippen molar-refractivity contribution in [1.29, 1.82) is 0 Å². The fourth-order valence-corrected chi connectivity index (χ4v) is 5.12. The lowest BCUT2D eigenvalue weighted by molar-refractivity contribution is -0.120. The smallest absolute Gasteiger partial charge is 0.251 e. The molecule has 2 amide bonds. The average molecular weight is 417 g/mol. The number of fused-ring (bicyclic) bond motifs is 1. The van der Waals surface area contributed by atoms with Crippen molar-refractivity contribution in [2.45, 2.75) is 24.3 Å². The van der Waals surface area contributed by atoms with Crippen molar-refractivity contribution in [3.63, 3.8) is 0 Å². The van der Waals surface area contributed by atoms with E-state index in [1.807, 2.05) is 0 Å². The second kappa shape index (κ2) is 7.57. The number of halogens is 1. The van der Waals surface area contributed by atoms with E-state index >= 15 is 0 Å². The number of hydrogen-bond acceptors (Lipinski definition) is 4. The standard InChI is InChI=1S/C20H20FN3O4S/c21-15-2-5-17(6-3-15)29(27,28)24-9-7-13(8-10-24)19(25)23-16-4-1-14-12-22-20(26)18(14)11-16/h1-6,11,13H,7-10,12H2,(H,22,26)(H,23,25). The van der Waals surface area contributed by atoms with Crippen LogP contribution in [0.15, 0.2) is 47.4 Å². The second-order valence-electron chi connectivity index (χ2n) is 7.18. The number of anilines is 1. The minimum Gasteiger partial charge on any atom is -0.348 e. The van der Waals surface area contributed by atoms with Gasteiger partial charge in [-0.25, -0.2) is 12.8 Å². The molecule has 0 atom stereocenters. The molecule has 2 aromatic rings. The van der Waals surface area contributed by atoms with E-state index in [0.29, 0.717) is 30.6 Å². The van der Waals surface area contributed by atoms with Gasteiger partial charge in [0.05, 0.1) is 4.90 Å². The Labute approximate surface area is 168 Å². The van der Waals surface area contributed by atoms with Gasteiger partial charge in [0, 0.05) is 36.8 Å². The predicted molar refractivity (Wildman–Crippen MR) is 104 cm³/mol. The summed E-state index contributed by atoms with van der Waals surface area (Å²) in [5, 5.41) is 5.55. The van der Waals surface area contributed by atoms with Gasteiger partial charge in [-0.2, -0.15) is 4.31 Å². The molecule has 2 N–H and O–H groups in total. The van der Waals surface area contributed by atoms with Crippen molar-refractivity contribution in [1.82, 2.24) is 9.62 Å². The van der Waals surface area contributed by atoms with Crippen LogP contribution in [0.1, 0.15) is 28.8 Å². The van der Waals surface area contributed by atoms with Crippen molar-refractivity contribution in [2.24, 2.45) is 5.92 Å². The Bertz CT molecular complexity index is 1060. The van der Waals surface area contributed by atoms with E-state index in [-0.39, 0.29) is 35.7 Å². The van der Waals surface area contributed by atoms with E-state index in [9.17, 15) is 22.4 Å². The summed E-state index contributed by atoms with van der Waals surface area (Å²) >= 11 is 0. The summed E-state index contributed by atoms with van der Waals surface area (Å²) in [6.07, 6.45) is 0.773. The van der Waals surface area contributed by atoms with Gasteiger partial charge in [-0.3, -0.25) is 9.59 Å². The predicted octanol–water partition coefficient (Wildman–Crippen LogP) is 2.11. The number of sulfonamides is 1. The normalized spacial score (nSPS) is 17.6. The fraction of sp³-hybridized carbons (Fsp3) is 0.300. The van der Waals surface area contributed by atoms with Crippen LogP contribution in [0.2, 0.25) is 0 Å². The van der Waals surface area contributed by atoms with Gasteiger partial charge in [-0.15, -0.1) is 0 Å². The molecular weight excluding hydrogens is 397 g/mol. The lowest BCUT2D eigenvalue weighted by Crippen LogP contribution is -2.41. The quantitative estimate of drug-likeness (QED) is 0.797. The van der Waals surface area contributed by atoms with Gasteiger partial charge in [0.25, 0.3) is 5.91 Å². The Kier molecular flexibility index (Phi) is 5.10. The first-order valence-electron chi connectivity index (χ1n) is 9.32. The van der Waals surface area contributed by atoms with Gasteiger partial charge in [0.1, 0.15) is 5.82 Å². The van der Waals surface area contributed by atoms with Crippen molar-refractivity contribution in [3.05, 3.63) is 59.4 Å². The van der Waals surface area contributed by atoms with E-state index in [1.54, 1.807) is 18.2 Å². The highest BCUT2D eigenvalue weighted by Crippen LogP contribution is 2.26. The Balaban J connectivity index is 1.38. The van der Waals surface area contributed by atoms with Gasteiger partial charge in [0.15, 0.2) is 0 Å². The van der Waals surface area contributed by atoms with Crippen LogP contribution < -0.4 is 10.6 Å².